The van der Waals surface area contributed by atoms with E-state index in [0.29, 0.717) is 12.2 Å². The summed E-state index contributed by atoms with van der Waals surface area (Å²) < 4.78 is 7.89. The van der Waals surface area contributed by atoms with Gasteiger partial charge in [0.25, 0.3) is 5.91 Å². The summed E-state index contributed by atoms with van der Waals surface area (Å²) in [5, 5.41) is 4.08. The molecule has 4 heterocycles. The number of pyridine rings is 1. The summed E-state index contributed by atoms with van der Waals surface area (Å²) in [6.45, 7) is 4.15. The maximum Gasteiger partial charge on any atom is 0.257 e. The molecule has 6 nitrogen and oxygen atoms in total. The Morgan fingerprint density at radius 3 is 3.00 bits per heavy atom. The van der Waals surface area contributed by atoms with E-state index in [9.17, 15) is 4.79 Å². The molecule has 2 aliphatic rings. The zero-order valence-corrected chi connectivity index (χ0v) is 15.3. The normalized spacial score (nSPS) is 21.5. The van der Waals surface area contributed by atoms with Crippen molar-refractivity contribution in [1.29, 1.82) is 0 Å². The van der Waals surface area contributed by atoms with Crippen LogP contribution in [0.1, 0.15) is 28.2 Å². The van der Waals surface area contributed by atoms with Gasteiger partial charge < -0.3 is 9.64 Å². The number of carbonyl (C=O) groups is 1. The number of likely N-dealkylation sites (tertiary alicyclic amines) is 1. The molecule has 2 saturated heterocycles. The Bertz CT molecular complexity index is 785. The lowest BCUT2D eigenvalue weighted by Crippen LogP contribution is -2.60. The Morgan fingerprint density at radius 2 is 2.28 bits per heavy atom. The number of hydrogen-bond donors (Lipinski definition) is 0. The van der Waals surface area contributed by atoms with Crippen molar-refractivity contribution in [3.63, 3.8) is 0 Å². The number of rotatable bonds is 4. The first-order chi connectivity index (χ1) is 12.0. The Labute approximate surface area is 151 Å². The van der Waals surface area contributed by atoms with Gasteiger partial charge in [-0.2, -0.15) is 5.10 Å². The zero-order chi connectivity index (χ0) is 17.4. The Balaban J connectivity index is 1.28. The highest BCUT2D eigenvalue weighted by molar-refractivity contribution is 8.01. The van der Waals surface area contributed by atoms with Gasteiger partial charge in [-0.05, 0) is 25.5 Å². The van der Waals surface area contributed by atoms with Crippen molar-refractivity contribution >= 4 is 17.7 Å². The van der Waals surface area contributed by atoms with Crippen molar-refractivity contribution in [2.45, 2.75) is 30.8 Å². The predicted molar refractivity (Wildman–Crippen MR) is 96.5 cm³/mol. The Morgan fingerprint density at radius 1 is 1.44 bits per heavy atom. The lowest BCUT2D eigenvalue weighted by Gasteiger charge is -2.47. The van der Waals surface area contributed by atoms with E-state index < -0.39 is 0 Å². The Hall–Kier alpha value is -1.86. The highest BCUT2D eigenvalue weighted by Gasteiger charge is 2.51. The molecule has 1 amide bonds. The minimum Gasteiger partial charge on any atom is -0.371 e. The molecule has 2 aromatic heterocycles. The summed E-state index contributed by atoms with van der Waals surface area (Å²) in [4.78, 5) is 18.8. The van der Waals surface area contributed by atoms with Gasteiger partial charge in [-0.25, -0.2) is 0 Å². The molecular weight excluding hydrogens is 336 g/mol. The lowest BCUT2D eigenvalue weighted by molar-refractivity contribution is 0.0245. The number of thioether (sulfide) groups is 1. The van der Waals surface area contributed by atoms with Crippen molar-refractivity contribution in [3.8, 4) is 0 Å². The van der Waals surface area contributed by atoms with Crippen molar-refractivity contribution in [3.05, 3.63) is 47.5 Å². The first-order valence-electron chi connectivity index (χ1n) is 8.49. The van der Waals surface area contributed by atoms with Crippen molar-refractivity contribution in [1.82, 2.24) is 19.7 Å². The van der Waals surface area contributed by atoms with Crippen molar-refractivity contribution < 1.29 is 9.53 Å². The molecule has 0 unspecified atom stereocenters. The SMILES string of the molecule is Cc1cccc(CO[C@H]2CSC3(C2)CN(C(=O)c2cnn(C)c2)C3)n1. The highest BCUT2D eigenvalue weighted by Crippen LogP contribution is 2.46. The third kappa shape index (κ3) is 3.43. The minimum atomic E-state index is 0.0765. The van der Waals surface area contributed by atoms with E-state index in [1.165, 1.54) is 0 Å². The van der Waals surface area contributed by atoms with Gasteiger partial charge in [-0.15, -0.1) is 11.8 Å². The molecule has 2 aliphatic heterocycles. The quantitative estimate of drug-likeness (QED) is 0.837. The molecular formula is C18H22N4O2S. The van der Waals surface area contributed by atoms with E-state index in [1.807, 2.05) is 48.8 Å². The van der Waals surface area contributed by atoms with Gasteiger partial charge in [0, 0.05) is 37.8 Å². The fraction of sp³-hybridized carbons (Fsp3) is 0.500. The van der Waals surface area contributed by atoms with Crippen LogP contribution in [-0.2, 0) is 18.4 Å². The van der Waals surface area contributed by atoms with E-state index >= 15 is 0 Å². The van der Waals surface area contributed by atoms with Crippen LogP contribution >= 0.6 is 11.8 Å². The van der Waals surface area contributed by atoms with Crippen LogP contribution in [0.25, 0.3) is 0 Å². The standard InChI is InChI=1S/C18H22N4O2S/c1-13-4-3-5-15(20-13)9-24-16-6-18(25-10-16)11-22(12-18)17(23)14-7-19-21(2)8-14/h3-5,7-8,16H,6,9-12H2,1-2H3/t16-/m1/s1. The van der Waals surface area contributed by atoms with E-state index in [-0.39, 0.29) is 16.8 Å². The third-order valence-corrected chi connectivity index (χ3v) is 6.36. The molecule has 1 spiro atoms. The lowest BCUT2D eigenvalue weighted by atomic mass is 9.92. The van der Waals surface area contributed by atoms with Gasteiger partial charge in [0.2, 0.25) is 0 Å². The van der Waals surface area contributed by atoms with Crippen LogP contribution in [0, 0.1) is 6.92 Å². The fourth-order valence-corrected chi connectivity index (χ4v) is 5.07. The molecule has 4 rings (SSSR count). The molecule has 0 aromatic carbocycles. The number of amides is 1. The summed E-state index contributed by atoms with van der Waals surface area (Å²) in [5.41, 5.74) is 2.66. The van der Waals surface area contributed by atoms with Crippen molar-refractivity contribution in [2.24, 2.45) is 7.05 Å². The second-order valence-electron chi connectivity index (χ2n) is 6.97. The largest absolute Gasteiger partial charge is 0.371 e. The number of hydrogen-bond acceptors (Lipinski definition) is 5. The van der Waals surface area contributed by atoms with Crippen molar-refractivity contribution in [2.75, 3.05) is 18.8 Å². The number of aryl methyl sites for hydroxylation is 2. The van der Waals surface area contributed by atoms with Crippen LogP contribution in [0.2, 0.25) is 0 Å². The maximum atomic E-state index is 12.4. The summed E-state index contributed by atoms with van der Waals surface area (Å²) in [7, 11) is 1.83. The zero-order valence-electron chi connectivity index (χ0n) is 14.5. The van der Waals surface area contributed by atoms with E-state index in [2.05, 4.69) is 10.1 Å². The second-order valence-corrected chi connectivity index (χ2v) is 8.45. The van der Waals surface area contributed by atoms with Gasteiger partial charge in [0.15, 0.2) is 0 Å². The average molecular weight is 358 g/mol. The second kappa shape index (κ2) is 6.46. The molecule has 2 fully saturated rings. The molecule has 25 heavy (non-hydrogen) atoms. The van der Waals surface area contributed by atoms with E-state index in [0.717, 1.165) is 36.7 Å². The average Bonchev–Trinajstić information content (AvgIpc) is 3.18. The summed E-state index contributed by atoms with van der Waals surface area (Å²) in [6.07, 6.45) is 4.65. The Kier molecular flexibility index (Phi) is 4.29. The van der Waals surface area contributed by atoms with Crippen LogP contribution in [0.5, 0.6) is 0 Å². The summed E-state index contributed by atoms with van der Waals surface area (Å²) in [5.74, 6) is 1.06. The molecule has 1 atom stereocenters. The van der Waals surface area contributed by atoms with Gasteiger partial charge in [-0.3, -0.25) is 14.5 Å². The molecule has 0 saturated carbocycles. The fourth-order valence-electron chi connectivity index (χ4n) is 3.52. The smallest absolute Gasteiger partial charge is 0.257 e. The third-order valence-electron chi connectivity index (χ3n) is 4.79. The summed E-state index contributed by atoms with van der Waals surface area (Å²) in [6, 6.07) is 6.01. The first kappa shape index (κ1) is 16.6. The van der Waals surface area contributed by atoms with Crippen LogP contribution in [0.15, 0.2) is 30.6 Å². The highest BCUT2D eigenvalue weighted by atomic mass is 32.2. The predicted octanol–water partition coefficient (Wildman–Crippen LogP) is 2.04. The summed E-state index contributed by atoms with van der Waals surface area (Å²) >= 11 is 1.94. The van der Waals surface area contributed by atoms with Crippen LogP contribution in [0.4, 0.5) is 0 Å². The van der Waals surface area contributed by atoms with Gasteiger partial charge in [-0.1, -0.05) is 6.07 Å². The first-order valence-corrected chi connectivity index (χ1v) is 9.48. The van der Waals surface area contributed by atoms with E-state index in [4.69, 9.17) is 4.74 Å². The van der Waals surface area contributed by atoms with Gasteiger partial charge in [0.1, 0.15) is 0 Å². The molecule has 7 heteroatoms. The molecule has 0 bridgehead atoms. The van der Waals surface area contributed by atoms with Crippen LogP contribution in [0.3, 0.4) is 0 Å². The topological polar surface area (TPSA) is 60.2 Å². The van der Waals surface area contributed by atoms with Crippen LogP contribution < -0.4 is 0 Å². The molecule has 2 aromatic rings. The monoisotopic (exact) mass is 358 g/mol. The number of aromatic nitrogens is 3. The van der Waals surface area contributed by atoms with E-state index in [1.54, 1.807) is 17.1 Å². The molecule has 0 radical (unpaired) electrons. The molecule has 0 aliphatic carbocycles. The molecule has 0 N–H and O–H groups in total. The number of ether oxygens (including phenoxy) is 1. The van der Waals surface area contributed by atoms with Gasteiger partial charge in [0.05, 0.1) is 34.9 Å². The minimum absolute atomic E-state index is 0.0765. The number of nitrogens with zero attached hydrogens (tertiary/aromatic N) is 4. The molecule has 132 valence electrons. The number of carbonyl (C=O) groups excluding carboxylic acids is 1. The van der Waals surface area contributed by atoms with Gasteiger partial charge >= 0.3 is 0 Å². The maximum absolute atomic E-state index is 12.4. The van der Waals surface area contributed by atoms with Crippen LogP contribution in [-0.4, -0.2) is 55.3 Å².